The molecule has 0 radical (unpaired) electrons. The van der Waals surface area contributed by atoms with Crippen LogP contribution >= 0.6 is 0 Å². The molecular formula is C54H35NO. The van der Waals surface area contributed by atoms with Gasteiger partial charge in [-0.3, -0.25) is 0 Å². The molecule has 0 unspecified atom stereocenters. The number of rotatable bonds is 6. The molecule has 0 amide bonds. The minimum atomic E-state index is 0.901. The summed E-state index contributed by atoms with van der Waals surface area (Å²) in [5.41, 5.74) is 12.3. The van der Waals surface area contributed by atoms with Crippen molar-refractivity contribution in [2.24, 2.45) is 0 Å². The van der Waals surface area contributed by atoms with Gasteiger partial charge >= 0.3 is 0 Å². The van der Waals surface area contributed by atoms with Crippen molar-refractivity contribution in [2.45, 2.75) is 0 Å². The lowest BCUT2D eigenvalue weighted by molar-refractivity contribution is 0.673. The maximum absolute atomic E-state index is 6.52. The summed E-state index contributed by atoms with van der Waals surface area (Å²) in [6, 6.07) is 76.5. The largest absolute Gasteiger partial charge is 0.455 e. The number of hydrogen-bond donors (Lipinski definition) is 0. The Labute approximate surface area is 325 Å². The highest BCUT2D eigenvalue weighted by Gasteiger charge is 2.18. The topological polar surface area (TPSA) is 16.4 Å². The average Bonchev–Trinajstić information content (AvgIpc) is 3.67. The Morgan fingerprint density at radius 1 is 0.321 bits per heavy atom. The zero-order valence-corrected chi connectivity index (χ0v) is 30.6. The monoisotopic (exact) mass is 713 g/mol. The maximum atomic E-state index is 6.52. The molecule has 0 spiro atoms. The predicted octanol–water partition coefficient (Wildman–Crippen LogP) is 15.5. The number of hydrogen-bond acceptors (Lipinski definition) is 2. The Bertz CT molecular complexity index is 3240. The SMILES string of the molecule is c1cc(-c2ccc(N(c3ccc(-c4cccc5oc6c7ccccc7ccc6c45)cc3)c3cccc4ccccc34)cc2)cc(-c2ccc3ccccc3c2)c1. The van der Waals surface area contributed by atoms with Gasteiger partial charge in [0.15, 0.2) is 0 Å². The van der Waals surface area contributed by atoms with Crippen LogP contribution in [0.5, 0.6) is 0 Å². The van der Waals surface area contributed by atoms with Gasteiger partial charge in [0.25, 0.3) is 0 Å². The molecule has 262 valence electrons. The van der Waals surface area contributed by atoms with E-state index in [9.17, 15) is 0 Å². The average molecular weight is 714 g/mol. The molecule has 0 atom stereocenters. The minimum absolute atomic E-state index is 0.901. The van der Waals surface area contributed by atoms with Crippen molar-refractivity contribution in [1.82, 2.24) is 0 Å². The molecule has 11 aromatic rings. The van der Waals surface area contributed by atoms with Crippen molar-refractivity contribution in [3.63, 3.8) is 0 Å². The van der Waals surface area contributed by atoms with E-state index in [4.69, 9.17) is 4.42 Å². The van der Waals surface area contributed by atoms with Crippen LogP contribution in [0, 0.1) is 0 Å². The highest BCUT2D eigenvalue weighted by molar-refractivity contribution is 6.19. The van der Waals surface area contributed by atoms with Crippen LogP contribution in [0.3, 0.4) is 0 Å². The summed E-state index contributed by atoms with van der Waals surface area (Å²) in [5, 5.41) is 9.52. The van der Waals surface area contributed by atoms with E-state index in [2.05, 4.69) is 217 Å². The van der Waals surface area contributed by atoms with Gasteiger partial charge in [0.05, 0.1) is 5.69 Å². The van der Waals surface area contributed by atoms with Crippen LogP contribution in [-0.4, -0.2) is 0 Å². The Balaban J connectivity index is 0.989. The second-order valence-electron chi connectivity index (χ2n) is 14.5. The van der Waals surface area contributed by atoms with Crippen molar-refractivity contribution >= 4 is 71.3 Å². The molecule has 56 heavy (non-hydrogen) atoms. The molecule has 10 aromatic carbocycles. The van der Waals surface area contributed by atoms with Gasteiger partial charge in [0.2, 0.25) is 0 Å². The summed E-state index contributed by atoms with van der Waals surface area (Å²) in [7, 11) is 0. The Hall–Kier alpha value is -7.42. The summed E-state index contributed by atoms with van der Waals surface area (Å²) in [4.78, 5) is 2.38. The van der Waals surface area contributed by atoms with E-state index < -0.39 is 0 Å². The van der Waals surface area contributed by atoms with Crippen molar-refractivity contribution in [2.75, 3.05) is 4.90 Å². The second kappa shape index (κ2) is 13.2. The number of fused-ring (bicyclic) bond motifs is 7. The van der Waals surface area contributed by atoms with Gasteiger partial charge < -0.3 is 9.32 Å². The van der Waals surface area contributed by atoms with Gasteiger partial charge in [-0.15, -0.1) is 0 Å². The molecular weight excluding hydrogens is 679 g/mol. The summed E-state index contributed by atoms with van der Waals surface area (Å²) in [5.74, 6) is 0. The quantitative estimate of drug-likeness (QED) is 0.171. The van der Waals surface area contributed by atoms with E-state index in [1.807, 2.05) is 0 Å². The van der Waals surface area contributed by atoms with Crippen LogP contribution in [0.15, 0.2) is 217 Å². The lowest BCUT2D eigenvalue weighted by atomic mass is 9.97. The van der Waals surface area contributed by atoms with E-state index in [0.29, 0.717) is 0 Å². The van der Waals surface area contributed by atoms with Crippen LogP contribution in [0.1, 0.15) is 0 Å². The molecule has 0 aliphatic heterocycles. The lowest BCUT2D eigenvalue weighted by Crippen LogP contribution is -2.10. The predicted molar refractivity (Wildman–Crippen MR) is 237 cm³/mol. The van der Waals surface area contributed by atoms with E-state index in [0.717, 1.165) is 55.5 Å². The van der Waals surface area contributed by atoms with Crippen molar-refractivity contribution in [3.05, 3.63) is 212 Å². The molecule has 0 saturated carbocycles. The van der Waals surface area contributed by atoms with E-state index >= 15 is 0 Å². The Morgan fingerprint density at radius 3 is 1.66 bits per heavy atom. The highest BCUT2D eigenvalue weighted by atomic mass is 16.3. The van der Waals surface area contributed by atoms with Gasteiger partial charge in [-0.25, -0.2) is 0 Å². The molecule has 11 rings (SSSR count). The summed E-state index contributed by atoms with van der Waals surface area (Å²) in [6.07, 6.45) is 0. The van der Waals surface area contributed by atoms with Gasteiger partial charge in [-0.1, -0.05) is 158 Å². The fraction of sp³-hybridized carbons (Fsp3) is 0. The third kappa shape index (κ3) is 5.42. The molecule has 0 bridgehead atoms. The lowest BCUT2D eigenvalue weighted by Gasteiger charge is -2.27. The zero-order chi connectivity index (χ0) is 37.0. The third-order valence-corrected chi connectivity index (χ3v) is 11.2. The van der Waals surface area contributed by atoms with Crippen LogP contribution in [-0.2, 0) is 0 Å². The van der Waals surface area contributed by atoms with E-state index in [1.165, 1.54) is 49.2 Å². The van der Waals surface area contributed by atoms with Gasteiger partial charge in [-0.05, 0) is 110 Å². The molecule has 2 heteroatoms. The highest BCUT2D eigenvalue weighted by Crippen LogP contribution is 2.43. The Morgan fingerprint density at radius 2 is 0.875 bits per heavy atom. The second-order valence-corrected chi connectivity index (χ2v) is 14.5. The molecule has 0 fully saturated rings. The number of furan rings is 1. The molecule has 1 aromatic heterocycles. The first-order valence-corrected chi connectivity index (χ1v) is 19.2. The molecule has 0 aliphatic carbocycles. The van der Waals surface area contributed by atoms with Gasteiger partial charge in [0, 0.05) is 32.9 Å². The molecule has 0 aliphatic rings. The van der Waals surface area contributed by atoms with Crippen molar-refractivity contribution in [3.8, 4) is 33.4 Å². The van der Waals surface area contributed by atoms with Gasteiger partial charge in [0.1, 0.15) is 11.2 Å². The molecule has 0 saturated heterocycles. The molecule has 0 N–H and O–H groups in total. The van der Waals surface area contributed by atoms with Gasteiger partial charge in [-0.2, -0.15) is 0 Å². The molecule has 2 nitrogen and oxygen atoms in total. The summed E-state index contributed by atoms with van der Waals surface area (Å²) >= 11 is 0. The fourth-order valence-electron chi connectivity index (χ4n) is 8.47. The third-order valence-electron chi connectivity index (χ3n) is 11.2. The van der Waals surface area contributed by atoms with Crippen molar-refractivity contribution in [1.29, 1.82) is 0 Å². The van der Waals surface area contributed by atoms with Crippen LogP contribution in [0.25, 0.3) is 87.6 Å². The van der Waals surface area contributed by atoms with Crippen LogP contribution in [0.4, 0.5) is 17.1 Å². The first-order valence-electron chi connectivity index (χ1n) is 19.2. The fourth-order valence-corrected chi connectivity index (χ4v) is 8.47. The van der Waals surface area contributed by atoms with Crippen LogP contribution in [0.2, 0.25) is 0 Å². The van der Waals surface area contributed by atoms with Crippen LogP contribution < -0.4 is 4.90 Å². The zero-order valence-electron chi connectivity index (χ0n) is 30.6. The van der Waals surface area contributed by atoms with E-state index in [1.54, 1.807) is 0 Å². The normalized spacial score (nSPS) is 11.6. The number of nitrogens with zero attached hydrogens (tertiary/aromatic N) is 1. The summed E-state index contributed by atoms with van der Waals surface area (Å²) in [6.45, 7) is 0. The minimum Gasteiger partial charge on any atom is -0.455 e. The van der Waals surface area contributed by atoms with Crippen molar-refractivity contribution < 1.29 is 4.42 Å². The number of benzene rings is 10. The first-order chi connectivity index (χ1) is 27.7. The smallest absolute Gasteiger partial charge is 0.143 e. The summed E-state index contributed by atoms with van der Waals surface area (Å²) < 4.78 is 6.52. The number of anilines is 3. The maximum Gasteiger partial charge on any atom is 0.143 e. The van der Waals surface area contributed by atoms with E-state index in [-0.39, 0.29) is 0 Å². The standard InChI is InChI=1S/C54H35NO/c1-2-13-41-35-44(23-22-36(41)10-1)43-16-7-15-42(34-43)37-24-29-45(30-25-37)55(51-20-8-14-38-11-3-5-17-47(38)51)46-31-26-40(27-32-46)48-19-9-21-52-53(48)50-33-28-39-12-4-6-18-49(39)54(50)56-52/h1-35H. The molecule has 1 heterocycles. The Kier molecular flexibility index (Phi) is 7.53. The first kappa shape index (κ1) is 32.0.